The maximum absolute atomic E-state index is 6.06. The smallest absolute Gasteiger partial charge is 0.115 e. The average molecular weight is 279 g/mol. The van der Waals surface area contributed by atoms with Gasteiger partial charge in [-0.15, -0.1) is 11.3 Å². The van der Waals surface area contributed by atoms with Gasteiger partial charge in [-0.05, 0) is 44.0 Å². The normalized spacial score (nSPS) is 15.7. The monoisotopic (exact) mass is 278 g/mol. The molecular formula is C14H15ClN2S. The van der Waals surface area contributed by atoms with E-state index in [0.29, 0.717) is 0 Å². The van der Waals surface area contributed by atoms with Crippen molar-refractivity contribution in [2.45, 2.75) is 25.3 Å². The van der Waals surface area contributed by atoms with Gasteiger partial charge in [0, 0.05) is 9.90 Å². The highest BCUT2D eigenvalue weighted by atomic mass is 35.5. The summed E-state index contributed by atoms with van der Waals surface area (Å²) in [6.45, 7) is 0. The van der Waals surface area contributed by atoms with E-state index in [2.05, 4.69) is 11.4 Å². The van der Waals surface area contributed by atoms with Crippen molar-refractivity contribution in [2.75, 3.05) is 7.05 Å². The van der Waals surface area contributed by atoms with Crippen LogP contribution in [0.3, 0.4) is 0 Å². The second-order valence-electron chi connectivity index (χ2n) is 4.55. The van der Waals surface area contributed by atoms with Crippen molar-refractivity contribution in [3.05, 3.63) is 50.4 Å². The van der Waals surface area contributed by atoms with Gasteiger partial charge in [-0.1, -0.05) is 23.7 Å². The van der Waals surface area contributed by atoms with Crippen LogP contribution in [-0.2, 0) is 12.8 Å². The number of fused-ring (bicyclic) bond motifs is 1. The Morgan fingerprint density at radius 2 is 2.28 bits per heavy atom. The van der Waals surface area contributed by atoms with Gasteiger partial charge in [0.05, 0.1) is 11.7 Å². The second-order valence-corrected chi connectivity index (χ2v) is 6.10. The number of nitrogens with one attached hydrogen (secondary N) is 1. The summed E-state index contributed by atoms with van der Waals surface area (Å²) >= 11 is 7.90. The molecule has 0 fully saturated rings. The van der Waals surface area contributed by atoms with Gasteiger partial charge in [-0.25, -0.2) is 4.98 Å². The Bertz CT molecular complexity index is 543. The van der Waals surface area contributed by atoms with Crippen molar-refractivity contribution in [2.24, 2.45) is 0 Å². The molecule has 4 heteroatoms. The summed E-state index contributed by atoms with van der Waals surface area (Å²) in [7, 11) is 1.97. The zero-order chi connectivity index (χ0) is 12.5. The highest BCUT2D eigenvalue weighted by Crippen LogP contribution is 2.33. The van der Waals surface area contributed by atoms with Crippen LogP contribution >= 0.6 is 22.9 Å². The molecule has 1 aliphatic rings. The molecule has 0 radical (unpaired) electrons. The van der Waals surface area contributed by atoms with Crippen molar-refractivity contribution >= 4 is 22.9 Å². The van der Waals surface area contributed by atoms with Gasteiger partial charge >= 0.3 is 0 Å². The van der Waals surface area contributed by atoms with Crippen LogP contribution in [0.5, 0.6) is 0 Å². The van der Waals surface area contributed by atoms with E-state index in [4.69, 9.17) is 16.6 Å². The molecule has 1 N–H and O–H groups in total. The molecule has 18 heavy (non-hydrogen) atoms. The standard InChI is InChI=1S/C14H15ClN2S/c1-16-13(9-4-2-5-10(15)8-9)14-17-11-6-3-7-12(11)18-14/h2,4-5,8,13,16H,3,6-7H2,1H3. The minimum atomic E-state index is 0.152. The molecule has 0 saturated carbocycles. The number of aromatic nitrogens is 1. The zero-order valence-electron chi connectivity index (χ0n) is 10.2. The lowest BCUT2D eigenvalue weighted by Gasteiger charge is -2.14. The number of nitrogens with zero attached hydrogens (tertiary/aromatic N) is 1. The van der Waals surface area contributed by atoms with Gasteiger partial charge in [0.15, 0.2) is 0 Å². The molecule has 94 valence electrons. The molecule has 3 rings (SSSR count). The molecule has 1 atom stereocenters. The first-order valence-electron chi connectivity index (χ1n) is 6.19. The van der Waals surface area contributed by atoms with Gasteiger partial charge < -0.3 is 5.32 Å². The molecule has 2 aromatic rings. The maximum atomic E-state index is 6.06. The van der Waals surface area contributed by atoms with Crippen LogP contribution in [0.25, 0.3) is 0 Å². The molecular weight excluding hydrogens is 264 g/mol. The molecule has 2 nitrogen and oxygen atoms in total. The molecule has 0 amide bonds. The summed E-state index contributed by atoms with van der Waals surface area (Å²) in [6.07, 6.45) is 3.59. The van der Waals surface area contributed by atoms with Crippen LogP contribution < -0.4 is 5.32 Å². The Morgan fingerprint density at radius 3 is 3.00 bits per heavy atom. The lowest BCUT2D eigenvalue weighted by Crippen LogP contribution is -2.17. The lowest BCUT2D eigenvalue weighted by atomic mass is 10.1. The van der Waals surface area contributed by atoms with Crippen LogP contribution in [0.15, 0.2) is 24.3 Å². The minimum Gasteiger partial charge on any atom is -0.307 e. The van der Waals surface area contributed by atoms with Gasteiger partial charge in [0.2, 0.25) is 0 Å². The first kappa shape index (κ1) is 12.2. The van der Waals surface area contributed by atoms with Crippen LogP contribution in [0.2, 0.25) is 5.02 Å². The van der Waals surface area contributed by atoms with Crippen LogP contribution in [0.1, 0.15) is 33.6 Å². The fraction of sp³-hybridized carbons (Fsp3) is 0.357. The van der Waals surface area contributed by atoms with E-state index in [0.717, 1.165) is 16.5 Å². The summed E-state index contributed by atoms with van der Waals surface area (Å²) in [5, 5.41) is 5.27. The highest BCUT2D eigenvalue weighted by Gasteiger charge is 2.22. The average Bonchev–Trinajstić information content (AvgIpc) is 2.91. The van der Waals surface area contributed by atoms with Crippen LogP contribution in [-0.4, -0.2) is 12.0 Å². The SMILES string of the molecule is CNC(c1cccc(Cl)c1)c1nc2c(s1)CCC2. The van der Waals surface area contributed by atoms with E-state index in [1.54, 1.807) is 0 Å². The number of benzene rings is 1. The number of rotatable bonds is 3. The Kier molecular flexibility index (Phi) is 3.37. The van der Waals surface area contributed by atoms with Crippen molar-refractivity contribution in [3.8, 4) is 0 Å². The van der Waals surface area contributed by atoms with Gasteiger partial charge in [0.1, 0.15) is 5.01 Å². The Labute approximate surface area is 116 Å². The first-order chi connectivity index (χ1) is 8.78. The number of hydrogen-bond acceptors (Lipinski definition) is 3. The van der Waals surface area contributed by atoms with E-state index in [9.17, 15) is 0 Å². The quantitative estimate of drug-likeness (QED) is 0.928. The van der Waals surface area contributed by atoms with Gasteiger partial charge in [-0.3, -0.25) is 0 Å². The topological polar surface area (TPSA) is 24.9 Å². The Balaban J connectivity index is 1.96. The highest BCUT2D eigenvalue weighted by molar-refractivity contribution is 7.11. The fourth-order valence-corrected chi connectivity index (χ4v) is 3.94. The summed E-state index contributed by atoms with van der Waals surface area (Å²) in [5.41, 5.74) is 2.48. The van der Waals surface area contributed by atoms with E-state index in [1.165, 1.54) is 29.0 Å². The number of hydrogen-bond donors (Lipinski definition) is 1. The van der Waals surface area contributed by atoms with Crippen molar-refractivity contribution in [1.82, 2.24) is 10.3 Å². The summed E-state index contributed by atoms with van der Waals surface area (Å²) in [4.78, 5) is 6.25. The van der Waals surface area contributed by atoms with Crippen LogP contribution in [0.4, 0.5) is 0 Å². The third-order valence-corrected chi connectivity index (χ3v) is 4.79. The molecule has 1 heterocycles. The fourth-order valence-electron chi connectivity index (χ4n) is 2.45. The van der Waals surface area contributed by atoms with E-state index in [-0.39, 0.29) is 6.04 Å². The molecule has 0 saturated heterocycles. The molecule has 1 aromatic heterocycles. The molecule has 0 spiro atoms. The largest absolute Gasteiger partial charge is 0.307 e. The molecule has 1 unspecified atom stereocenters. The lowest BCUT2D eigenvalue weighted by molar-refractivity contribution is 0.683. The first-order valence-corrected chi connectivity index (χ1v) is 7.38. The number of halogens is 1. The van der Waals surface area contributed by atoms with E-state index < -0.39 is 0 Å². The molecule has 1 aliphatic carbocycles. The second kappa shape index (κ2) is 5.00. The summed E-state index contributed by atoms with van der Waals surface area (Å²) < 4.78 is 0. The van der Waals surface area contributed by atoms with Crippen LogP contribution in [0, 0.1) is 0 Å². The number of aryl methyl sites for hydroxylation is 2. The predicted molar refractivity (Wildman–Crippen MR) is 76.5 cm³/mol. The maximum Gasteiger partial charge on any atom is 0.115 e. The Morgan fingerprint density at radius 1 is 1.39 bits per heavy atom. The zero-order valence-corrected chi connectivity index (χ0v) is 11.8. The van der Waals surface area contributed by atoms with Crippen molar-refractivity contribution in [3.63, 3.8) is 0 Å². The third kappa shape index (κ3) is 2.18. The molecule has 1 aromatic carbocycles. The van der Waals surface area contributed by atoms with Gasteiger partial charge in [0.25, 0.3) is 0 Å². The predicted octanol–water partition coefficient (Wildman–Crippen LogP) is 3.59. The van der Waals surface area contributed by atoms with Crippen molar-refractivity contribution in [1.29, 1.82) is 0 Å². The van der Waals surface area contributed by atoms with Gasteiger partial charge in [-0.2, -0.15) is 0 Å². The summed E-state index contributed by atoms with van der Waals surface area (Å²) in [6, 6.07) is 8.15. The third-order valence-electron chi connectivity index (χ3n) is 3.33. The van der Waals surface area contributed by atoms with E-state index in [1.807, 2.05) is 36.6 Å². The molecule has 0 aliphatic heterocycles. The minimum absolute atomic E-state index is 0.152. The molecule has 0 bridgehead atoms. The summed E-state index contributed by atoms with van der Waals surface area (Å²) in [5.74, 6) is 0. The Hall–Kier alpha value is -0.900. The van der Waals surface area contributed by atoms with E-state index >= 15 is 0 Å². The van der Waals surface area contributed by atoms with Crippen molar-refractivity contribution < 1.29 is 0 Å². The number of thiazole rings is 1.